The maximum Gasteiger partial charge on any atom is 0.408 e. The second-order valence-electron chi connectivity index (χ2n) is 5.11. The molecule has 0 aromatic heterocycles. The van der Waals surface area contributed by atoms with Crippen LogP contribution in [0.4, 0.5) is 4.79 Å². The lowest BCUT2D eigenvalue weighted by Crippen LogP contribution is -2.35. The molecule has 5 nitrogen and oxygen atoms in total. The van der Waals surface area contributed by atoms with E-state index in [1.165, 1.54) is 20.0 Å². The monoisotopic (exact) mass is 245 g/mol. The van der Waals surface area contributed by atoms with Crippen LogP contribution in [0, 0.1) is 5.92 Å². The number of hydrogen-bond donors (Lipinski definition) is 1. The van der Waals surface area contributed by atoms with E-state index in [2.05, 4.69) is 17.0 Å². The number of rotatable bonds is 2. The van der Waals surface area contributed by atoms with Crippen molar-refractivity contribution in [2.45, 2.75) is 46.1 Å². The molecule has 0 radical (unpaired) electrons. The SMILES string of the molecule is CC1CC1.COC(=O)CNC(=O)OC(C)(C)C. The molecule has 1 rings (SSSR count). The molecule has 1 saturated carbocycles. The molecule has 0 aromatic carbocycles. The molecule has 0 bridgehead atoms. The summed E-state index contributed by atoms with van der Waals surface area (Å²) in [7, 11) is 1.25. The van der Waals surface area contributed by atoms with Gasteiger partial charge in [-0.05, 0) is 26.7 Å². The first-order chi connectivity index (χ1) is 7.74. The van der Waals surface area contributed by atoms with E-state index in [1.807, 2.05) is 0 Å². The molecule has 0 heterocycles. The minimum atomic E-state index is -0.627. The third kappa shape index (κ3) is 12.7. The minimum Gasteiger partial charge on any atom is -0.468 e. The van der Waals surface area contributed by atoms with E-state index in [0.717, 1.165) is 5.92 Å². The summed E-state index contributed by atoms with van der Waals surface area (Å²) < 4.78 is 9.20. The number of methoxy groups -OCH3 is 1. The second-order valence-corrected chi connectivity index (χ2v) is 5.11. The molecule has 0 saturated heterocycles. The topological polar surface area (TPSA) is 64.6 Å². The molecule has 1 aliphatic carbocycles. The molecular formula is C12H23NO4. The number of hydrogen-bond acceptors (Lipinski definition) is 4. The minimum absolute atomic E-state index is 0.175. The lowest BCUT2D eigenvalue weighted by atomic mass is 10.2. The highest BCUT2D eigenvalue weighted by Crippen LogP contribution is 2.26. The molecule has 0 atom stereocenters. The summed E-state index contributed by atoms with van der Waals surface area (Å²) in [6.07, 6.45) is 2.35. The van der Waals surface area contributed by atoms with Gasteiger partial charge in [0.25, 0.3) is 0 Å². The maximum atomic E-state index is 10.9. The van der Waals surface area contributed by atoms with E-state index in [4.69, 9.17) is 4.74 Å². The van der Waals surface area contributed by atoms with Crippen LogP contribution < -0.4 is 5.32 Å². The van der Waals surface area contributed by atoms with E-state index >= 15 is 0 Å². The van der Waals surface area contributed by atoms with Crippen molar-refractivity contribution in [3.63, 3.8) is 0 Å². The van der Waals surface area contributed by atoms with Gasteiger partial charge in [-0.3, -0.25) is 4.79 Å². The second kappa shape index (κ2) is 7.14. The van der Waals surface area contributed by atoms with Crippen LogP contribution in [0.15, 0.2) is 0 Å². The molecule has 1 amide bonds. The van der Waals surface area contributed by atoms with Crippen LogP contribution in [-0.4, -0.2) is 31.3 Å². The average molecular weight is 245 g/mol. The first-order valence-corrected chi connectivity index (χ1v) is 5.78. The summed E-state index contributed by atoms with van der Waals surface area (Å²) >= 11 is 0. The molecule has 0 aromatic rings. The zero-order valence-corrected chi connectivity index (χ0v) is 11.3. The Kier molecular flexibility index (Phi) is 6.61. The zero-order chi connectivity index (χ0) is 13.5. The molecule has 1 N–H and O–H groups in total. The van der Waals surface area contributed by atoms with Crippen molar-refractivity contribution in [3.05, 3.63) is 0 Å². The highest BCUT2D eigenvalue weighted by Gasteiger charge is 2.16. The Morgan fingerprint density at radius 1 is 1.29 bits per heavy atom. The predicted molar refractivity (Wildman–Crippen MR) is 64.7 cm³/mol. The van der Waals surface area contributed by atoms with Crippen LogP contribution in [0.5, 0.6) is 0 Å². The van der Waals surface area contributed by atoms with E-state index in [9.17, 15) is 9.59 Å². The number of ether oxygens (including phenoxy) is 2. The summed E-state index contributed by atoms with van der Waals surface area (Å²) in [4.78, 5) is 21.5. The Bertz CT molecular complexity index is 254. The number of esters is 1. The highest BCUT2D eigenvalue weighted by molar-refractivity contribution is 5.77. The summed E-state index contributed by atoms with van der Waals surface area (Å²) in [5, 5.41) is 2.25. The third-order valence-corrected chi connectivity index (χ3v) is 1.87. The van der Waals surface area contributed by atoms with Gasteiger partial charge < -0.3 is 14.8 Å². The van der Waals surface area contributed by atoms with Gasteiger partial charge in [-0.2, -0.15) is 0 Å². The van der Waals surface area contributed by atoms with Crippen molar-refractivity contribution < 1.29 is 19.1 Å². The average Bonchev–Trinajstić information content (AvgIpc) is 2.95. The first-order valence-electron chi connectivity index (χ1n) is 5.78. The molecule has 0 aliphatic heterocycles. The van der Waals surface area contributed by atoms with Gasteiger partial charge in [0.05, 0.1) is 7.11 Å². The zero-order valence-electron chi connectivity index (χ0n) is 11.3. The van der Waals surface area contributed by atoms with Gasteiger partial charge in [-0.1, -0.05) is 19.8 Å². The summed E-state index contributed by atoms with van der Waals surface area (Å²) in [5.41, 5.74) is -0.555. The van der Waals surface area contributed by atoms with E-state index in [0.29, 0.717) is 0 Å². The van der Waals surface area contributed by atoms with Gasteiger partial charge in [-0.25, -0.2) is 4.79 Å². The van der Waals surface area contributed by atoms with Crippen molar-refractivity contribution >= 4 is 12.1 Å². The molecule has 5 heteroatoms. The third-order valence-electron chi connectivity index (χ3n) is 1.87. The Labute approximate surface area is 103 Å². The van der Waals surface area contributed by atoms with E-state index in [-0.39, 0.29) is 6.54 Å². The Morgan fingerprint density at radius 2 is 1.76 bits per heavy atom. The van der Waals surface area contributed by atoms with Crippen molar-refractivity contribution in [1.82, 2.24) is 5.32 Å². The fourth-order valence-electron chi connectivity index (χ4n) is 0.697. The van der Waals surface area contributed by atoms with Crippen LogP contribution in [0.25, 0.3) is 0 Å². The Morgan fingerprint density at radius 3 is 2.06 bits per heavy atom. The van der Waals surface area contributed by atoms with Crippen molar-refractivity contribution in [1.29, 1.82) is 0 Å². The smallest absolute Gasteiger partial charge is 0.408 e. The maximum absolute atomic E-state index is 10.9. The van der Waals surface area contributed by atoms with E-state index in [1.54, 1.807) is 20.8 Å². The summed E-state index contributed by atoms with van der Waals surface area (Å²) in [6.45, 7) is 7.32. The van der Waals surface area contributed by atoms with Gasteiger partial charge >= 0.3 is 12.1 Å². The van der Waals surface area contributed by atoms with Crippen LogP contribution in [-0.2, 0) is 14.3 Å². The molecule has 1 aliphatic rings. The van der Waals surface area contributed by atoms with Crippen LogP contribution in [0.2, 0.25) is 0 Å². The van der Waals surface area contributed by atoms with Crippen molar-refractivity contribution in [2.75, 3.05) is 13.7 Å². The number of alkyl carbamates (subject to hydrolysis) is 1. The van der Waals surface area contributed by atoms with Gasteiger partial charge in [0.15, 0.2) is 0 Å². The van der Waals surface area contributed by atoms with Crippen molar-refractivity contribution in [2.24, 2.45) is 5.92 Å². The molecule has 1 fully saturated rings. The van der Waals surface area contributed by atoms with Gasteiger partial charge in [0.2, 0.25) is 0 Å². The number of amides is 1. The first kappa shape index (κ1) is 15.7. The van der Waals surface area contributed by atoms with Crippen LogP contribution in [0.3, 0.4) is 0 Å². The van der Waals surface area contributed by atoms with Gasteiger partial charge in [0, 0.05) is 0 Å². The van der Waals surface area contributed by atoms with Crippen LogP contribution >= 0.6 is 0 Å². The highest BCUT2D eigenvalue weighted by atomic mass is 16.6. The fourth-order valence-corrected chi connectivity index (χ4v) is 0.697. The summed E-state index contributed by atoms with van der Waals surface area (Å²) in [5.74, 6) is 0.575. The molecular weight excluding hydrogens is 222 g/mol. The van der Waals surface area contributed by atoms with Gasteiger partial charge in [0.1, 0.15) is 12.1 Å². The van der Waals surface area contributed by atoms with E-state index < -0.39 is 17.7 Å². The number of carbonyl (C=O) groups is 2. The van der Waals surface area contributed by atoms with Crippen LogP contribution in [0.1, 0.15) is 40.5 Å². The molecule has 100 valence electrons. The predicted octanol–water partition coefficient (Wildman–Crippen LogP) is 2.10. The lowest BCUT2D eigenvalue weighted by Gasteiger charge is -2.19. The molecule has 0 unspecified atom stereocenters. The Hall–Kier alpha value is -1.26. The lowest BCUT2D eigenvalue weighted by molar-refractivity contribution is -0.139. The standard InChI is InChI=1S/C8H15NO4.C4H8/c1-8(2,3)13-7(11)9-5-6(10)12-4;1-4-2-3-4/h5H2,1-4H3,(H,9,11);4H,2-3H2,1H3. The number of carbonyl (C=O) groups excluding carboxylic acids is 2. The normalized spacial score (nSPS) is 14.2. The van der Waals surface area contributed by atoms with Crippen molar-refractivity contribution in [3.8, 4) is 0 Å². The fraction of sp³-hybridized carbons (Fsp3) is 0.833. The summed E-state index contributed by atoms with van der Waals surface area (Å²) in [6, 6.07) is 0. The largest absolute Gasteiger partial charge is 0.468 e. The molecule has 17 heavy (non-hydrogen) atoms. The Balaban J connectivity index is 0.000000529. The quantitative estimate of drug-likeness (QED) is 0.757. The number of nitrogens with one attached hydrogen (secondary N) is 1. The van der Waals surface area contributed by atoms with Gasteiger partial charge in [-0.15, -0.1) is 0 Å². The molecule has 0 spiro atoms.